The predicted molar refractivity (Wildman–Crippen MR) is 91.1 cm³/mol. The Balaban J connectivity index is 1.67. The Labute approximate surface area is 137 Å². The molecule has 22 heavy (non-hydrogen) atoms. The molecule has 0 radical (unpaired) electrons. The molecule has 0 N–H and O–H groups in total. The lowest BCUT2D eigenvalue weighted by molar-refractivity contribution is 0.996. The second kappa shape index (κ2) is 5.45. The lowest BCUT2D eigenvalue weighted by atomic mass is 10.4. The molecule has 4 aromatic rings. The van der Waals surface area contributed by atoms with E-state index < -0.39 is 0 Å². The Bertz CT molecular complexity index is 1030. The second-order valence-electron chi connectivity index (χ2n) is 4.68. The third kappa shape index (κ3) is 2.33. The van der Waals surface area contributed by atoms with E-state index in [1.54, 1.807) is 39.9 Å². The highest BCUT2D eigenvalue weighted by Gasteiger charge is 2.09. The zero-order chi connectivity index (χ0) is 15.1. The average molecular weight is 346 g/mol. The molecule has 0 amide bonds. The highest BCUT2D eigenvalue weighted by molar-refractivity contribution is 7.98. The molecule has 5 nitrogen and oxygen atoms in total. The molecule has 4 aromatic heterocycles. The van der Waals surface area contributed by atoms with Crippen molar-refractivity contribution < 1.29 is 0 Å². The van der Waals surface area contributed by atoms with Gasteiger partial charge < -0.3 is 0 Å². The Morgan fingerprint density at radius 2 is 2.23 bits per heavy atom. The van der Waals surface area contributed by atoms with Crippen LogP contribution >= 0.6 is 34.4 Å². The van der Waals surface area contributed by atoms with Gasteiger partial charge in [-0.1, -0.05) is 11.8 Å². The first-order valence-electron chi connectivity index (χ1n) is 6.50. The summed E-state index contributed by atoms with van der Waals surface area (Å²) in [7, 11) is 0. The fraction of sp³-hybridized carbons (Fsp3) is 0.143. The third-order valence-electron chi connectivity index (χ3n) is 3.20. The summed E-state index contributed by atoms with van der Waals surface area (Å²) in [5.41, 5.74) is 2.64. The largest absolute Gasteiger partial charge is 0.269 e. The summed E-state index contributed by atoms with van der Waals surface area (Å²) in [4.78, 5) is 26.0. The maximum Gasteiger partial charge on any atom is 0.258 e. The highest BCUT2D eigenvalue weighted by Crippen LogP contribution is 2.30. The van der Waals surface area contributed by atoms with Crippen molar-refractivity contribution in [2.24, 2.45) is 0 Å². The average Bonchev–Trinajstić information content (AvgIpc) is 3.12. The maximum absolute atomic E-state index is 12.2. The van der Waals surface area contributed by atoms with Crippen molar-refractivity contribution in [2.45, 2.75) is 17.7 Å². The minimum atomic E-state index is -0.0247. The molecule has 8 heteroatoms. The van der Waals surface area contributed by atoms with Crippen LogP contribution in [0, 0.1) is 6.92 Å². The van der Waals surface area contributed by atoms with Crippen LogP contribution in [0.2, 0.25) is 0 Å². The summed E-state index contributed by atoms with van der Waals surface area (Å²) < 4.78 is 2.72. The van der Waals surface area contributed by atoms with Crippen molar-refractivity contribution in [3.05, 3.63) is 51.0 Å². The molecule has 0 saturated carbocycles. The van der Waals surface area contributed by atoms with Crippen molar-refractivity contribution in [1.29, 1.82) is 0 Å². The molecule has 0 aliphatic carbocycles. The van der Waals surface area contributed by atoms with E-state index in [2.05, 4.69) is 15.0 Å². The van der Waals surface area contributed by atoms with Gasteiger partial charge >= 0.3 is 0 Å². The van der Waals surface area contributed by atoms with Gasteiger partial charge in [0.25, 0.3) is 5.56 Å². The fourth-order valence-corrected chi connectivity index (χ4v) is 4.92. The molecular weight excluding hydrogens is 336 g/mol. The molecule has 0 fully saturated rings. The minimum absolute atomic E-state index is 0.0247. The molecular formula is C14H10N4OS3. The molecule has 0 spiro atoms. The molecule has 0 aromatic carbocycles. The van der Waals surface area contributed by atoms with E-state index >= 15 is 0 Å². The topological polar surface area (TPSA) is 60.2 Å². The predicted octanol–water partition coefficient (Wildman–Crippen LogP) is 3.36. The van der Waals surface area contributed by atoms with Gasteiger partial charge in [-0.25, -0.2) is 15.0 Å². The van der Waals surface area contributed by atoms with Crippen LogP contribution in [0.1, 0.15) is 11.4 Å². The SMILES string of the molecule is Cc1csc2nc(CSc3ncnc4ccsc34)cc(=O)n12. The number of hydrogen-bond acceptors (Lipinski definition) is 7. The maximum atomic E-state index is 12.2. The molecule has 0 unspecified atom stereocenters. The zero-order valence-corrected chi connectivity index (χ0v) is 14.0. The van der Waals surface area contributed by atoms with Crippen molar-refractivity contribution in [3.8, 4) is 0 Å². The summed E-state index contributed by atoms with van der Waals surface area (Å²) in [6.45, 7) is 1.91. The Hall–Kier alpha value is -1.77. The summed E-state index contributed by atoms with van der Waals surface area (Å²) in [6, 6.07) is 3.59. The first-order valence-corrected chi connectivity index (χ1v) is 9.24. The lowest BCUT2D eigenvalue weighted by Crippen LogP contribution is -2.14. The number of rotatable bonds is 3. The van der Waals surface area contributed by atoms with E-state index in [0.717, 1.165) is 31.6 Å². The standard InChI is InChI=1S/C14H10N4OS3/c1-8-5-22-14-17-9(4-11(19)18(8)14)6-21-13-12-10(2-3-20-12)15-7-16-13/h2-5,7H,6H2,1H3. The molecule has 0 aliphatic heterocycles. The van der Waals surface area contributed by atoms with Gasteiger partial charge in [-0.15, -0.1) is 22.7 Å². The Morgan fingerprint density at radius 1 is 1.32 bits per heavy atom. The number of nitrogens with zero attached hydrogens (tertiary/aromatic N) is 4. The molecule has 0 bridgehead atoms. The summed E-state index contributed by atoms with van der Waals surface area (Å²) in [5, 5.41) is 4.89. The van der Waals surface area contributed by atoms with Crippen molar-refractivity contribution in [2.75, 3.05) is 0 Å². The van der Waals surface area contributed by atoms with E-state index in [4.69, 9.17) is 0 Å². The van der Waals surface area contributed by atoms with Gasteiger partial charge in [0.1, 0.15) is 11.4 Å². The van der Waals surface area contributed by atoms with Crippen molar-refractivity contribution in [3.63, 3.8) is 0 Å². The molecule has 4 rings (SSSR count). The normalized spacial score (nSPS) is 11.5. The van der Waals surface area contributed by atoms with E-state index in [0.29, 0.717) is 5.75 Å². The number of aryl methyl sites for hydroxylation is 1. The van der Waals surface area contributed by atoms with Gasteiger partial charge in [0, 0.05) is 22.9 Å². The van der Waals surface area contributed by atoms with Crippen LogP contribution in [-0.2, 0) is 5.75 Å². The zero-order valence-electron chi connectivity index (χ0n) is 11.5. The van der Waals surface area contributed by atoms with Crippen LogP contribution in [0.4, 0.5) is 0 Å². The van der Waals surface area contributed by atoms with Gasteiger partial charge in [-0.05, 0) is 18.4 Å². The van der Waals surface area contributed by atoms with Crippen LogP contribution in [-0.4, -0.2) is 19.4 Å². The van der Waals surface area contributed by atoms with Crippen LogP contribution < -0.4 is 5.56 Å². The summed E-state index contributed by atoms with van der Waals surface area (Å²) >= 11 is 4.70. The molecule has 0 atom stereocenters. The Kier molecular flexibility index (Phi) is 3.44. The van der Waals surface area contributed by atoms with Gasteiger partial charge in [0.2, 0.25) is 0 Å². The van der Waals surface area contributed by atoms with Crippen molar-refractivity contribution >= 4 is 49.6 Å². The van der Waals surface area contributed by atoms with E-state index in [9.17, 15) is 4.79 Å². The van der Waals surface area contributed by atoms with Gasteiger partial charge in [-0.3, -0.25) is 9.20 Å². The Morgan fingerprint density at radius 3 is 3.14 bits per heavy atom. The van der Waals surface area contributed by atoms with E-state index in [-0.39, 0.29) is 5.56 Å². The number of aromatic nitrogens is 4. The summed E-state index contributed by atoms with van der Waals surface area (Å²) in [5.74, 6) is 0.618. The second-order valence-corrected chi connectivity index (χ2v) is 7.40. The van der Waals surface area contributed by atoms with Gasteiger partial charge in [-0.2, -0.15) is 0 Å². The number of thioether (sulfide) groups is 1. The summed E-state index contributed by atoms with van der Waals surface area (Å²) in [6.07, 6.45) is 1.57. The molecule has 0 saturated heterocycles. The van der Waals surface area contributed by atoms with Crippen LogP contribution in [0.5, 0.6) is 0 Å². The lowest BCUT2D eigenvalue weighted by Gasteiger charge is -2.02. The quantitative estimate of drug-likeness (QED) is 0.420. The number of hydrogen-bond donors (Lipinski definition) is 0. The molecule has 4 heterocycles. The third-order valence-corrected chi connectivity index (χ3v) is 6.20. The monoisotopic (exact) mass is 346 g/mol. The van der Waals surface area contributed by atoms with Crippen LogP contribution in [0.3, 0.4) is 0 Å². The number of thiazole rings is 1. The van der Waals surface area contributed by atoms with Gasteiger partial charge in [0.05, 0.1) is 15.9 Å². The smallest absolute Gasteiger partial charge is 0.258 e. The van der Waals surface area contributed by atoms with E-state index in [1.807, 2.05) is 23.8 Å². The first kappa shape index (κ1) is 13.9. The van der Waals surface area contributed by atoms with E-state index in [1.165, 1.54) is 11.3 Å². The van der Waals surface area contributed by atoms with Gasteiger partial charge in [0.15, 0.2) is 4.96 Å². The number of fused-ring (bicyclic) bond motifs is 2. The van der Waals surface area contributed by atoms with Crippen LogP contribution in [0.25, 0.3) is 15.2 Å². The number of thiophene rings is 1. The molecule has 0 aliphatic rings. The fourth-order valence-electron chi connectivity index (χ4n) is 2.19. The van der Waals surface area contributed by atoms with Crippen molar-refractivity contribution in [1.82, 2.24) is 19.4 Å². The first-order chi connectivity index (χ1) is 10.7. The highest BCUT2D eigenvalue weighted by atomic mass is 32.2. The minimum Gasteiger partial charge on any atom is -0.269 e. The van der Waals surface area contributed by atoms with Crippen LogP contribution in [0.15, 0.2) is 39.0 Å². The molecule has 110 valence electrons.